The third-order valence-corrected chi connectivity index (χ3v) is 7.09. The number of aliphatic carboxylic acids is 1. The molecule has 4 fully saturated rings. The van der Waals surface area contributed by atoms with E-state index in [4.69, 9.17) is 9.47 Å². The lowest BCUT2D eigenvalue weighted by Gasteiger charge is -2.55. The summed E-state index contributed by atoms with van der Waals surface area (Å²) in [6.07, 6.45) is 6.32. The molecule has 0 aliphatic heterocycles. The molecule has 0 aromatic heterocycles. The summed E-state index contributed by atoms with van der Waals surface area (Å²) in [6.45, 7) is 2.39. The Morgan fingerprint density at radius 2 is 1.76 bits per heavy atom. The monoisotopic (exact) mass is 400 g/mol. The van der Waals surface area contributed by atoms with Gasteiger partial charge in [-0.25, -0.2) is 0 Å². The summed E-state index contributed by atoms with van der Waals surface area (Å²) < 4.78 is 10.9. The predicted molar refractivity (Wildman–Crippen MR) is 105 cm³/mol. The first-order valence-corrected chi connectivity index (χ1v) is 10.7. The standard InChI is InChI=1S/C23H31NO5/c1-3-29-19-5-4-17(9-20(19)28-2)18(10-21(25)26)24-22(27)23-11-14-6-15(12-23)8-16(7-14)13-23/h4-5,9,14-16,18H,3,6-8,10-13H2,1-2H3,(H,24,27)(H,25,26)/p-1/t14?,15?,16?,18-,23?/m0/s1. The molecule has 1 N–H and O–H groups in total. The highest BCUT2D eigenvalue weighted by molar-refractivity contribution is 5.84. The van der Waals surface area contributed by atoms with Crippen LogP contribution in [0.4, 0.5) is 0 Å². The van der Waals surface area contributed by atoms with Crippen molar-refractivity contribution in [1.29, 1.82) is 0 Å². The lowest BCUT2D eigenvalue weighted by atomic mass is 9.49. The third-order valence-electron chi connectivity index (χ3n) is 7.09. The number of carboxylic acids is 1. The van der Waals surface area contributed by atoms with Crippen LogP contribution in [0.3, 0.4) is 0 Å². The Morgan fingerprint density at radius 1 is 1.14 bits per heavy atom. The van der Waals surface area contributed by atoms with Crippen LogP contribution >= 0.6 is 0 Å². The fourth-order valence-electron chi connectivity index (χ4n) is 6.29. The van der Waals surface area contributed by atoms with Gasteiger partial charge in [0.1, 0.15) is 0 Å². The summed E-state index contributed by atoms with van der Waals surface area (Å²) in [5.41, 5.74) is 0.362. The Labute approximate surface area is 172 Å². The van der Waals surface area contributed by atoms with Crippen LogP contribution in [-0.2, 0) is 9.59 Å². The number of hydrogen-bond acceptors (Lipinski definition) is 5. The highest BCUT2D eigenvalue weighted by Crippen LogP contribution is 2.60. The number of nitrogens with one attached hydrogen (secondary N) is 1. The summed E-state index contributed by atoms with van der Waals surface area (Å²) in [5.74, 6) is 1.89. The second kappa shape index (κ2) is 7.88. The van der Waals surface area contributed by atoms with Crippen LogP contribution in [0.15, 0.2) is 18.2 Å². The number of rotatable bonds is 8. The molecule has 0 radical (unpaired) electrons. The minimum atomic E-state index is -1.19. The summed E-state index contributed by atoms with van der Waals surface area (Å²) in [6, 6.07) is 4.65. The average Bonchev–Trinajstić information content (AvgIpc) is 2.66. The van der Waals surface area contributed by atoms with Crippen LogP contribution in [0, 0.1) is 23.2 Å². The predicted octanol–water partition coefficient (Wildman–Crippen LogP) is 2.61. The zero-order chi connectivity index (χ0) is 20.6. The molecule has 4 aliphatic carbocycles. The maximum atomic E-state index is 13.4. The second-order valence-corrected chi connectivity index (χ2v) is 9.14. The third kappa shape index (κ3) is 3.94. The smallest absolute Gasteiger partial charge is 0.226 e. The van der Waals surface area contributed by atoms with Gasteiger partial charge in [0.2, 0.25) is 5.91 Å². The van der Waals surface area contributed by atoms with Gasteiger partial charge >= 0.3 is 0 Å². The van der Waals surface area contributed by atoms with Gasteiger partial charge in [-0.05, 0) is 80.9 Å². The van der Waals surface area contributed by atoms with Gasteiger partial charge in [-0.3, -0.25) is 4.79 Å². The molecule has 6 heteroatoms. The van der Waals surface area contributed by atoms with Gasteiger partial charge in [-0.2, -0.15) is 0 Å². The number of benzene rings is 1. The van der Waals surface area contributed by atoms with E-state index in [0.717, 1.165) is 19.3 Å². The molecule has 29 heavy (non-hydrogen) atoms. The maximum Gasteiger partial charge on any atom is 0.226 e. The van der Waals surface area contributed by atoms with E-state index < -0.39 is 12.0 Å². The summed E-state index contributed by atoms with van der Waals surface area (Å²) >= 11 is 0. The molecule has 158 valence electrons. The summed E-state index contributed by atoms with van der Waals surface area (Å²) in [7, 11) is 1.55. The van der Waals surface area contributed by atoms with Gasteiger partial charge in [-0.1, -0.05) is 6.07 Å². The molecule has 1 amide bonds. The number of ether oxygens (including phenoxy) is 2. The van der Waals surface area contributed by atoms with Crippen molar-refractivity contribution in [2.75, 3.05) is 13.7 Å². The van der Waals surface area contributed by atoms with Crippen LogP contribution in [0.25, 0.3) is 0 Å². The molecule has 0 unspecified atom stereocenters. The van der Waals surface area contributed by atoms with Crippen molar-refractivity contribution < 1.29 is 24.2 Å². The molecule has 0 spiro atoms. The van der Waals surface area contributed by atoms with Crippen molar-refractivity contribution >= 4 is 11.9 Å². The van der Waals surface area contributed by atoms with Crippen molar-refractivity contribution in [3.05, 3.63) is 23.8 Å². The molecule has 5 rings (SSSR count). The molecular weight excluding hydrogens is 370 g/mol. The Morgan fingerprint density at radius 3 is 2.28 bits per heavy atom. The maximum absolute atomic E-state index is 13.4. The Kier molecular flexibility index (Phi) is 5.45. The molecule has 4 bridgehead atoms. The fourth-order valence-corrected chi connectivity index (χ4v) is 6.29. The molecule has 0 saturated heterocycles. The van der Waals surface area contributed by atoms with Crippen molar-refractivity contribution in [3.8, 4) is 11.5 Å². The molecule has 4 saturated carbocycles. The Bertz CT molecular complexity index is 754. The average molecular weight is 400 g/mol. The quantitative estimate of drug-likeness (QED) is 0.725. The molecule has 1 atom stereocenters. The first-order chi connectivity index (χ1) is 13.9. The summed E-state index contributed by atoms with van der Waals surface area (Å²) in [5, 5.41) is 14.5. The second-order valence-electron chi connectivity index (χ2n) is 9.14. The lowest BCUT2D eigenvalue weighted by molar-refractivity contribution is -0.306. The summed E-state index contributed by atoms with van der Waals surface area (Å²) in [4.78, 5) is 24.8. The topological polar surface area (TPSA) is 87.7 Å². The van der Waals surface area contributed by atoms with E-state index in [0.29, 0.717) is 41.4 Å². The van der Waals surface area contributed by atoms with E-state index in [-0.39, 0.29) is 17.7 Å². The van der Waals surface area contributed by atoms with Crippen molar-refractivity contribution in [2.24, 2.45) is 23.2 Å². The van der Waals surface area contributed by atoms with Gasteiger partial charge < -0.3 is 24.7 Å². The normalized spacial score (nSPS) is 30.6. The highest BCUT2D eigenvalue weighted by atomic mass is 16.5. The Hall–Kier alpha value is -2.24. The first-order valence-electron chi connectivity index (χ1n) is 10.7. The largest absolute Gasteiger partial charge is 0.550 e. The van der Waals surface area contributed by atoms with E-state index in [1.165, 1.54) is 19.3 Å². The number of methoxy groups -OCH3 is 1. The SMILES string of the molecule is CCOc1ccc([C@H](CC(=O)[O-])NC(=O)C23CC4CC(CC(C4)C2)C3)cc1OC. The van der Waals surface area contributed by atoms with E-state index >= 15 is 0 Å². The molecule has 0 heterocycles. The number of hydrogen-bond donors (Lipinski definition) is 1. The van der Waals surface area contributed by atoms with Crippen molar-refractivity contribution in [3.63, 3.8) is 0 Å². The van der Waals surface area contributed by atoms with Gasteiger partial charge in [0, 0.05) is 17.8 Å². The van der Waals surface area contributed by atoms with Crippen molar-refractivity contribution in [1.82, 2.24) is 5.32 Å². The minimum absolute atomic E-state index is 0.00991. The molecule has 6 nitrogen and oxygen atoms in total. The van der Waals surface area contributed by atoms with E-state index in [1.807, 2.05) is 6.92 Å². The van der Waals surface area contributed by atoms with E-state index in [9.17, 15) is 14.7 Å². The number of carbonyl (C=O) groups is 2. The van der Waals surface area contributed by atoms with Gasteiger partial charge in [0.15, 0.2) is 11.5 Å². The fraction of sp³-hybridized carbons (Fsp3) is 0.652. The molecular formula is C23H30NO5-. The van der Waals surface area contributed by atoms with Crippen LogP contribution in [0.1, 0.15) is 63.5 Å². The van der Waals surface area contributed by atoms with Gasteiger partial charge in [-0.15, -0.1) is 0 Å². The van der Waals surface area contributed by atoms with Crippen LogP contribution in [0.5, 0.6) is 11.5 Å². The first kappa shape index (κ1) is 20.0. The zero-order valence-electron chi connectivity index (χ0n) is 17.2. The van der Waals surface area contributed by atoms with Crippen LogP contribution in [-0.4, -0.2) is 25.6 Å². The molecule has 1 aromatic carbocycles. The molecule has 4 aliphatic rings. The number of amides is 1. The Balaban J connectivity index is 1.56. The van der Waals surface area contributed by atoms with Crippen LogP contribution in [0.2, 0.25) is 0 Å². The minimum Gasteiger partial charge on any atom is -0.550 e. The van der Waals surface area contributed by atoms with Crippen molar-refractivity contribution in [2.45, 2.75) is 57.9 Å². The molecule has 1 aromatic rings. The lowest BCUT2D eigenvalue weighted by Crippen LogP contribution is -2.54. The van der Waals surface area contributed by atoms with E-state index in [2.05, 4.69) is 5.32 Å². The number of carboxylic acid groups (broad SMARTS) is 1. The van der Waals surface area contributed by atoms with E-state index in [1.54, 1.807) is 25.3 Å². The van der Waals surface area contributed by atoms with Crippen LogP contribution < -0.4 is 19.9 Å². The van der Waals surface area contributed by atoms with Gasteiger partial charge in [0.05, 0.1) is 19.8 Å². The highest BCUT2D eigenvalue weighted by Gasteiger charge is 2.54. The van der Waals surface area contributed by atoms with Gasteiger partial charge in [0.25, 0.3) is 0 Å². The number of carbonyl (C=O) groups excluding carboxylic acids is 2. The zero-order valence-corrected chi connectivity index (χ0v) is 17.2.